The number of benzene rings is 3. The topological polar surface area (TPSA) is 54.9 Å². The maximum absolute atomic E-state index is 13.4. The van der Waals surface area contributed by atoms with Gasteiger partial charge in [0, 0.05) is 16.6 Å². The largest absolute Gasteiger partial charge is 0.322 e. The summed E-state index contributed by atoms with van der Waals surface area (Å²) >= 11 is 0. The minimum absolute atomic E-state index is 0.178. The van der Waals surface area contributed by atoms with Crippen LogP contribution in [0.2, 0.25) is 0 Å². The molecule has 4 aromatic rings. The average molecular weight is 367 g/mol. The normalized spacial score (nSPS) is 10.8. The predicted octanol–water partition coefficient (Wildman–Crippen LogP) is 5.42. The summed E-state index contributed by atoms with van der Waals surface area (Å²) in [5, 5.41) is 12.6. The molecular weight excluding hydrogens is 346 g/mol. The molecule has 0 aliphatic rings. The van der Waals surface area contributed by atoms with Crippen LogP contribution in [-0.4, -0.2) is 16.1 Å². The monoisotopic (exact) mass is 367 g/mol. The van der Waals surface area contributed by atoms with Crippen LogP contribution in [0.1, 0.15) is 28.4 Å². The lowest BCUT2D eigenvalue weighted by atomic mass is 10.00. The summed E-state index contributed by atoms with van der Waals surface area (Å²) in [7, 11) is 0. The van der Waals surface area contributed by atoms with Gasteiger partial charge in [-0.25, -0.2) is 0 Å². The Labute approximate surface area is 164 Å². The second kappa shape index (κ2) is 7.61. The number of anilines is 1. The Morgan fingerprint density at radius 1 is 0.893 bits per heavy atom. The highest BCUT2D eigenvalue weighted by Gasteiger charge is 2.20. The molecule has 4 rings (SSSR count). The molecular formula is C24H21N3O. The first kappa shape index (κ1) is 17.9. The summed E-state index contributed by atoms with van der Waals surface area (Å²) in [5.74, 6) is -0.178. The molecule has 3 aromatic carbocycles. The van der Waals surface area contributed by atoms with E-state index in [9.17, 15) is 4.79 Å². The molecule has 0 atom stereocenters. The van der Waals surface area contributed by atoms with Gasteiger partial charge in [0.2, 0.25) is 0 Å². The highest BCUT2D eigenvalue weighted by atomic mass is 16.1. The minimum atomic E-state index is -0.178. The van der Waals surface area contributed by atoms with E-state index in [1.807, 2.05) is 79.7 Å². The van der Waals surface area contributed by atoms with Gasteiger partial charge in [-0.15, -0.1) is 10.2 Å². The zero-order valence-electron chi connectivity index (χ0n) is 15.9. The lowest BCUT2D eigenvalue weighted by Crippen LogP contribution is -2.16. The highest BCUT2D eigenvalue weighted by molar-refractivity contribution is 6.16. The third-order valence-corrected chi connectivity index (χ3v) is 4.87. The highest BCUT2D eigenvalue weighted by Crippen LogP contribution is 2.28. The number of fused-ring (bicyclic) bond motifs is 1. The van der Waals surface area contributed by atoms with Gasteiger partial charge in [0.1, 0.15) is 5.69 Å². The van der Waals surface area contributed by atoms with Crippen molar-refractivity contribution in [1.29, 1.82) is 0 Å². The molecule has 0 aliphatic carbocycles. The Hall–Kier alpha value is -3.53. The van der Waals surface area contributed by atoms with Crippen LogP contribution in [0.25, 0.3) is 22.2 Å². The first-order chi connectivity index (χ1) is 13.7. The van der Waals surface area contributed by atoms with E-state index in [1.165, 1.54) is 0 Å². The lowest BCUT2D eigenvalue weighted by Gasteiger charge is -2.14. The van der Waals surface area contributed by atoms with Crippen LogP contribution in [0, 0.1) is 6.92 Å². The van der Waals surface area contributed by atoms with Gasteiger partial charge in [-0.2, -0.15) is 0 Å². The van der Waals surface area contributed by atoms with Gasteiger partial charge in [0.25, 0.3) is 5.91 Å². The molecule has 0 spiro atoms. The van der Waals surface area contributed by atoms with Crippen molar-refractivity contribution in [1.82, 2.24) is 10.2 Å². The summed E-state index contributed by atoms with van der Waals surface area (Å²) in [5.41, 5.74) is 5.78. The van der Waals surface area contributed by atoms with E-state index in [0.29, 0.717) is 16.8 Å². The van der Waals surface area contributed by atoms with Crippen LogP contribution < -0.4 is 5.32 Å². The van der Waals surface area contributed by atoms with Crippen LogP contribution in [-0.2, 0) is 6.42 Å². The number of hydrogen-bond acceptors (Lipinski definition) is 3. The summed E-state index contributed by atoms with van der Waals surface area (Å²) in [6.07, 6.45) is 0.844. The van der Waals surface area contributed by atoms with Crippen molar-refractivity contribution in [2.75, 3.05) is 5.32 Å². The van der Waals surface area contributed by atoms with E-state index in [4.69, 9.17) is 0 Å². The molecule has 138 valence electrons. The number of rotatable bonds is 4. The van der Waals surface area contributed by atoms with E-state index in [2.05, 4.69) is 22.4 Å². The van der Waals surface area contributed by atoms with Gasteiger partial charge in [-0.1, -0.05) is 73.2 Å². The van der Waals surface area contributed by atoms with E-state index >= 15 is 0 Å². The third kappa shape index (κ3) is 3.37. The van der Waals surface area contributed by atoms with Gasteiger partial charge in [0.05, 0.1) is 11.1 Å². The molecule has 0 saturated carbocycles. The number of aromatic nitrogens is 2. The van der Waals surface area contributed by atoms with Crippen molar-refractivity contribution in [2.24, 2.45) is 0 Å². The standard InChI is InChI=1S/C24H21N3O/c1-3-17-8-4-6-10-20(17)25-24(28)22-19-9-5-7-11-21(19)26-27-23(22)18-14-12-16(2)13-15-18/h4-15H,3H2,1-2H3,(H,25,28). The summed E-state index contributed by atoms with van der Waals surface area (Å²) < 4.78 is 0. The summed E-state index contributed by atoms with van der Waals surface area (Å²) in [4.78, 5) is 13.4. The SMILES string of the molecule is CCc1ccccc1NC(=O)c1c(-c2ccc(C)cc2)nnc2ccccc12. The lowest BCUT2D eigenvalue weighted by molar-refractivity contribution is 0.102. The maximum Gasteiger partial charge on any atom is 0.258 e. The number of nitrogens with one attached hydrogen (secondary N) is 1. The minimum Gasteiger partial charge on any atom is -0.322 e. The van der Waals surface area contributed by atoms with Crippen molar-refractivity contribution in [2.45, 2.75) is 20.3 Å². The fourth-order valence-electron chi connectivity index (χ4n) is 3.33. The van der Waals surface area contributed by atoms with Crippen molar-refractivity contribution >= 4 is 22.5 Å². The molecule has 28 heavy (non-hydrogen) atoms. The van der Waals surface area contributed by atoms with E-state index in [1.54, 1.807) is 0 Å². The first-order valence-corrected chi connectivity index (χ1v) is 9.39. The molecule has 0 fully saturated rings. The Balaban J connectivity index is 1.87. The second-order valence-electron chi connectivity index (χ2n) is 6.77. The number of para-hydroxylation sites is 1. The smallest absolute Gasteiger partial charge is 0.258 e. The molecule has 4 heteroatoms. The summed E-state index contributed by atoms with van der Waals surface area (Å²) in [6.45, 7) is 4.11. The molecule has 0 bridgehead atoms. The molecule has 0 saturated heterocycles. The Morgan fingerprint density at radius 2 is 1.61 bits per heavy atom. The molecule has 0 aliphatic heterocycles. The zero-order valence-corrected chi connectivity index (χ0v) is 15.9. The third-order valence-electron chi connectivity index (χ3n) is 4.87. The van der Waals surface area contributed by atoms with Crippen LogP contribution in [0.3, 0.4) is 0 Å². The molecule has 1 heterocycles. The van der Waals surface area contributed by atoms with Gasteiger partial charge >= 0.3 is 0 Å². The number of aryl methyl sites for hydroxylation is 2. The molecule has 0 unspecified atom stereocenters. The fraction of sp³-hybridized carbons (Fsp3) is 0.125. The van der Waals surface area contributed by atoms with Crippen molar-refractivity contribution in [3.63, 3.8) is 0 Å². The summed E-state index contributed by atoms with van der Waals surface area (Å²) in [6, 6.07) is 23.5. The first-order valence-electron chi connectivity index (χ1n) is 9.39. The van der Waals surface area contributed by atoms with Crippen LogP contribution >= 0.6 is 0 Å². The predicted molar refractivity (Wildman–Crippen MR) is 113 cm³/mol. The van der Waals surface area contributed by atoms with E-state index < -0.39 is 0 Å². The molecule has 4 nitrogen and oxygen atoms in total. The van der Waals surface area contributed by atoms with Crippen LogP contribution in [0.5, 0.6) is 0 Å². The second-order valence-corrected chi connectivity index (χ2v) is 6.77. The van der Waals surface area contributed by atoms with Crippen LogP contribution in [0.15, 0.2) is 72.8 Å². The zero-order chi connectivity index (χ0) is 19.5. The van der Waals surface area contributed by atoms with E-state index in [0.717, 1.165) is 34.2 Å². The molecule has 1 amide bonds. The van der Waals surface area contributed by atoms with Crippen molar-refractivity contribution in [3.8, 4) is 11.3 Å². The maximum atomic E-state index is 13.4. The van der Waals surface area contributed by atoms with Crippen molar-refractivity contribution < 1.29 is 4.79 Å². The average Bonchev–Trinajstić information content (AvgIpc) is 2.74. The van der Waals surface area contributed by atoms with Crippen molar-refractivity contribution in [3.05, 3.63) is 89.5 Å². The fourth-order valence-corrected chi connectivity index (χ4v) is 3.33. The Morgan fingerprint density at radius 3 is 2.39 bits per heavy atom. The van der Waals surface area contributed by atoms with Gasteiger partial charge in [0.15, 0.2) is 0 Å². The quantitative estimate of drug-likeness (QED) is 0.524. The number of carbonyl (C=O) groups is 1. The number of carbonyl (C=O) groups excluding carboxylic acids is 1. The van der Waals surface area contributed by atoms with Gasteiger partial charge in [-0.05, 0) is 31.0 Å². The molecule has 0 radical (unpaired) electrons. The number of nitrogens with zero attached hydrogens (tertiary/aromatic N) is 2. The molecule has 1 N–H and O–H groups in total. The Kier molecular flexibility index (Phi) is 4.85. The van der Waals surface area contributed by atoms with Crippen LogP contribution in [0.4, 0.5) is 5.69 Å². The number of hydrogen-bond donors (Lipinski definition) is 1. The van der Waals surface area contributed by atoms with Gasteiger partial charge in [-0.3, -0.25) is 4.79 Å². The van der Waals surface area contributed by atoms with Gasteiger partial charge < -0.3 is 5.32 Å². The van der Waals surface area contributed by atoms with E-state index in [-0.39, 0.29) is 5.91 Å². The Bertz CT molecular complexity index is 1150. The molecule has 1 aromatic heterocycles. The number of amides is 1.